The van der Waals surface area contributed by atoms with Crippen molar-refractivity contribution in [1.29, 1.82) is 0 Å². The number of nitrogens with zero attached hydrogens (tertiary/aromatic N) is 3. The number of likely N-dealkylation sites (tertiary alicyclic amines) is 1. The first-order chi connectivity index (χ1) is 10.1. The Morgan fingerprint density at radius 2 is 1.95 bits per heavy atom. The highest BCUT2D eigenvalue weighted by Gasteiger charge is 2.29. The Balaban J connectivity index is 1.58. The Bertz CT molecular complexity index is 542. The normalized spacial score (nSPS) is 21.9. The molecule has 7 nitrogen and oxygen atoms in total. The summed E-state index contributed by atoms with van der Waals surface area (Å²) in [6.07, 6.45) is 6.82. The zero-order valence-corrected chi connectivity index (χ0v) is 11.7. The molecule has 112 valence electrons. The smallest absolute Gasteiger partial charge is 0.321 e. The van der Waals surface area contributed by atoms with Gasteiger partial charge in [0.1, 0.15) is 5.82 Å². The summed E-state index contributed by atoms with van der Waals surface area (Å²) < 4.78 is 0. The van der Waals surface area contributed by atoms with Gasteiger partial charge >= 0.3 is 12.0 Å². The van der Waals surface area contributed by atoms with Crippen molar-refractivity contribution in [2.45, 2.75) is 31.6 Å². The summed E-state index contributed by atoms with van der Waals surface area (Å²) in [4.78, 5) is 33.2. The van der Waals surface area contributed by atoms with Crippen LogP contribution in [-0.4, -0.2) is 45.1 Å². The molecular formula is C14H18N4O3. The molecule has 2 fully saturated rings. The quantitative estimate of drug-likeness (QED) is 0.883. The molecule has 2 N–H and O–H groups in total. The van der Waals surface area contributed by atoms with Gasteiger partial charge in [-0.25, -0.2) is 14.8 Å². The molecule has 1 atom stereocenters. The first-order valence-corrected chi connectivity index (χ1v) is 7.24. The van der Waals surface area contributed by atoms with Crippen LogP contribution in [0.2, 0.25) is 0 Å². The van der Waals surface area contributed by atoms with Gasteiger partial charge in [-0.2, -0.15) is 0 Å². The Hall–Kier alpha value is -2.18. The second kappa shape index (κ2) is 5.67. The summed E-state index contributed by atoms with van der Waals surface area (Å²) >= 11 is 0. The molecular weight excluding hydrogens is 272 g/mol. The maximum absolute atomic E-state index is 12.1. The Kier molecular flexibility index (Phi) is 3.72. The number of carboxylic acids is 1. The zero-order chi connectivity index (χ0) is 14.8. The van der Waals surface area contributed by atoms with Crippen molar-refractivity contribution < 1.29 is 14.7 Å². The van der Waals surface area contributed by atoms with Gasteiger partial charge in [0, 0.05) is 19.0 Å². The number of nitrogens with one attached hydrogen (secondary N) is 1. The van der Waals surface area contributed by atoms with Crippen LogP contribution in [0.4, 0.5) is 10.5 Å². The van der Waals surface area contributed by atoms with E-state index < -0.39 is 11.9 Å². The minimum absolute atomic E-state index is 0.252. The predicted octanol–water partition coefficient (Wildman–Crippen LogP) is 1.68. The third kappa shape index (κ3) is 3.29. The standard InChI is InChI=1S/C14H18N4O3/c19-13(20)10-2-1-5-18(8-10)14(21)17-11-6-15-12(16-7-11)9-3-4-9/h6-7,9-10H,1-5,8H2,(H,17,21)(H,19,20)/t10-/m0/s1. The highest BCUT2D eigenvalue weighted by atomic mass is 16.4. The molecule has 0 unspecified atom stereocenters. The predicted molar refractivity (Wildman–Crippen MR) is 75.0 cm³/mol. The summed E-state index contributed by atoms with van der Waals surface area (Å²) in [6.45, 7) is 0.832. The van der Waals surface area contributed by atoms with Crippen LogP contribution in [0.15, 0.2) is 12.4 Å². The highest BCUT2D eigenvalue weighted by Crippen LogP contribution is 2.37. The van der Waals surface area contributed by atoms with Crippen LogP contribution in [0.3, 0.4) is 0 Å². The fourth-order valence-corrected chi connectivity index (χ4v) is 2.52. The molecule has 0 radical (unpaired) electrons. The van der Waals surface area contributed by atoms with Gasteiger partial charge in [-0.3, -0.25) is 4.79 Å². The van der Waals surface area contributed by atoms with Gasteiger partial charge in [0.05, 0.1) is 24.0 Å². The second-order valence-corrected chi connectivity index (χ2v) is 5.66. The summed E-state index contributed by atoms with van der Waals surface area (Å²) in [7, 11) is 0. The molecule has 1 saturated carbocycles. The van der Waals surface area contributed by atoms with Gasteiger partial charge in [0.15, 0.2) is 0 Å². The number of carbonyl (C=O) groups is 2. The molecule has 0 aromatic carbocycles. The van der Waals surface area contributed by atoms with E-state index in [1.54, 1.807) is 12.4 Å². The van der Waals surface area contributed by atoms with Crippen molar-refractivity contribution in [2.24, 2.45) is 5.92 Å². The van der Waals surface area contributed by atoms with E-state index in [0.29, 0.717) is 31.0 Å². The Morgan fingerprint density at radius 1 is 1.24 bits per heavy atom. The lowest BCUT2D eigenvalue weighted by Gasteiger charge is -2.30. The Labute approximate surface area is 122 Å². The fourth-order valence-electron chi connectivity index (χ4n) is 2.52. The van der Waals surface area contributed by atoms with Crippen molar-refractivity contribution in [3.8, 4) is 0 Å². The molecule has 1 saturated heterocycles. The van der Waals surface area contributed by atoms with Crippen LogP contribution in [0.1, 0.15) is 37.4 Å². The minimum atomic E-state index is -0.843. The number of aromatic nitrogens is 2. The van der Waals surface area contributed by atoms with Gasteiger partial charge < -0.3 is 15.3 Å². The number of anilines is 1. The van der Waals surface area contributed by atoms with Gasteiger partial charge in [-0.15, -0.1) is 0 Å². The molecule has 1 aliphatic heterocycles. The number of aliphatic carboxylic acids is 1. The maximum atomic E-state index is 12.1. The monoisotopic (exact) mass is 290 g/mol. The van der Waals surface area contributed by atoms with Crippen LogP contribution in [-0.2, 0) is 4.79 Å². The first-order valence-electron chi connectivity index (χ1n) is 7.24. The lowest BCUT2D eigenvalue weighted by molar-refractivity contribution is -0.143. The topological polar surface area (TPSA) is 95.4 Å². The van der Waals surface area contributed by atoms with E-state index in [2.05, 4.69) is 15.3 Å². The fraction of sp³-hybridized carbons (Fsp3) is 0.571. The van der Waals surface area contributed by atoms with E-state index in [1.807, 2.05) is 0 Å². The zero-order valence-electron chi connectivity index (χ0n) is 11.7. The Morgan fingerprint density at radius 3 is 2.57 bits per heavy atom. The van der Waals surface area contributed by atoms with Gasteiger partial charge in [0.25, 0.3) is 0 Å². The van der Waals surface area contributed by atoms with Gasteiger partial charge in [0.2, 0.25) is 0 Å². The first kappa shape index (κ1) is 13.8. The number of rotatable bonds is 3. The number of piperidine rings is 1. The molecule has 1 aliphatic carbocycles. The molecule has 3 rings (SSSR count). The van der Waals surface area contributed by atoms with Crippen molar-refractivity contribution in [3.63, 3.8) is 0 Å². The molecule has 2 heterocycles. The molecule has 21 heavy (non-hydrogen) atoms. The third-order valence-corrected chi connectivity index (χ3v) is 3.92. The molecule has 2 aliphatic rings. The minimum Gasteiger partial charge on any atom is -0.481 e. The van der Waals surface area contributed by atoms with Gasteiger partial charge in [-0.1, -0.05) is 0 Å². The van der Waals surface area contributed by atoms with E-state index in [-0.39, 0.29) is 12.6 Å². The SMILES string of the molecule is O=C(O)[C@H]1CCCN(C(=O)Nc2cnc(C3CC3)nc2)C1. The summed E-state index contributed by atoms with van der Waals surface area (Å²) in [6, 6.07) is -0.288. The third-order valence-electron chi connectivity index (χ3n) is 3.92. The molecule has 1 aromatic heterocycles. The van der Waals surface area contributed by atoms with Crippen LogP contribution >= 0.6 is 0 Å². The molecule has 0 spiro atoms. The number of carbonyl (C=O) groups excluding carboxylic acids is 1. The highest BCUT2D eigenvalue weighted by molar-refractivity contribution is 5.89. The summed E-state index contributed by atoms with van der Waals surface area (Å²) in [5.74, 6) is -0.00676. The summed E-state index contributed by atoms with van der Waals surface area (Å²) in [5, 5.41) is 11.8. The van der Waals surface area contributed by atoms with E-state index in [0.717, 1.165) is 18.7 Å². The molecule has 7 heteroatoms. The van der Waals surface area contributed by atoms with Crippen LogP contribution < -0.4 is 5.32 Å². The average molecular weight is 290 g/mol. The van der Waals surface area contributed by atoms with E-state index in [1.165, 1.54) is 4.90 Å². The van der Waals surface area contributed by atoms with Crippen LogP contribution in [0.25, 0.3) is 0 Å². The number of amides is 2. The number of hydrogen-bond acceptors (Lipinski definition) is 4. The van der Waals surface area contributed by atoms with E-state index >= 15 is 0 Å². The average Bonchev–Trinajstić information content (AvgIpc) is 3.33. The van der Waals surface area contributed by atoms with Crippen LogP contribution in [0, 0.1) is 5.92 Å². The van der Waals surface area contributed by atoms with Gasteiger partial charge in [-0.05, 0) is 25.7 Å². The number of urea groups is 1. The van der Waals surface area contributed by atoms with Crippen molar-refractivity contribution in [3.05, 3.63) is 18.2 Å². The van der Waals surface area contributed by atoms with Crippen molar-refractivity contribution >= 4 is 17.7 Å². The maximum Gasteiger partial charge on any atom is 0.321 e. The number of carboxylic acid groups (broad SMARTS) is 1. The lowest BCUT2D eigenvalue weighted by Crippen LogP contribution is -2.44. The second-order valence-electron chi connectivity index (χ2n) is 5.66. The van der Waals surface area contributed by atoms with Crippen molar-refractivity contribution in [2.75, 3.05) is 18.4 Å². The van der Waals surface area contributed by atoms with Crippen molar-refractivity contribution in [1.82, 2.24) is 14.9 Å². The van der Waals surface area contributed by atoms with E-state index in [9.17, 15) is 9.59 Å². The van der Waals surface area contributed by atoms with Crippen LogP contribution in [0.5, 0.6) is 0 Å². The largest absolute Gasteiger partial charge is 0.481 e. The number of hydrogen-bond donors (Lipinski definition) is 2. The van der Waals surface area contributed by atoms with E-state index in [4.69, 9.17) is 5.11 Å². The molecule has 0 bridgehead atoms. The molecule has 2 amide bonds. The lowest BCUT2D eigenvalue weighted by atomic mass is 9.99. The summed E-state index contributed by atoms with van der Waals surface area (Å²) in [5.41, 5.74) is 0.543. The molecule has 1 aromatic rings.